The minimum atomic E-state index is -1.08. The van der Waals surface area contributed by atoms with Crippen LogP contribution in [0.25, 0.3) is 0 Å². The summed E-state index contributed by atoms with van der Waals surface area (Å²) in [4.78, 5) is 43.6. The lowest BCUT2D eigenvalue weighted by molar-refractivity contribution is -0.143. The number of aryl methyl sites for hydroxylation is 3. The number of hydrogen-bond acceptors (Lipinski definition) is 5. The van der Waals surface area contributed by atoms with E-state index >= 15 is 0 Å². The molecule has 0 bridgehead atoms. The number of aromatic hydroxyl groups is 1. The first-order chi connectivity index (χ1) is 20.6. The van der Waals surface area contributed by atoms with E-state index in [0.29, 0.717) is 28.3 Å². The molecule has 0 radical (unpaired) electrons. The third-order valence-electron chi connectivity index (χ3n) is 7.40. The Morgan fingerprint density at radius 1 is 0.977 bits per heavy atom. The van der Waals surface area contributed by atoms with Crippen molar-refractivity contribution in [3.8, 4) is 5.75 Å². The van der Waals surface area contributed by atoms with Crippen LogP contribution < -0.4 is 10.6 Å². The van der Waals surface area contributed by atoms with Crippen LogP contribution in [0.15, 0.2) is 60.7 Å². The number of phenols is 1. The second kappa shape index (κ2) is 14.6. The highest BCUT2D eigenvalue weighted by molar-refractivity contribution is 6.34. The average molecular weight is 622 g/mol. The third-order valence-corrected chi connectivity index (χ3v) is 7.72. The molecular weight excluding hydrogens is 578 g/mol. The summed E-state index contributed by atoms with van der Waals surface area (Å²) in [6, 6.07) is 15.0. The molecule has 0 aromatic heterocycles. The van der Waals surface area contributed by atoms with E-state index in [1.807, 2.05) is 58.9 Å². The molecule has 3 rings (SSSR count). The van der Waals surface area contributed by atoms with Crippen LogP contribution in [0.2, 0.25) is 5.02 Å². The van der Waals surface area contributed by atoms with Gasteiger partial charge in [0.25, 0.3) is 5.91 Å². The van der Waals surface area contributed by atoms with Crippen LogP contribution in [0.1, 0.15) is 74.9 Å². The first kappa shape index (κ1) is 34.5. The largest absolute Gasteiger partial charge is 0.508 e. The summed E-state index contributed by atoms with van der Waals surface area (Å²) in [6.07, 6.45) is -0.0991. The number of hydrogen-bond donors (Lipinski definition) is 3. The van der Waals surface area contributed by atoms with Gasteiger partial charge in [-0.05, 0) is 95.3 Å². The lowest BCUT2D eigenvalue weighted by Gasteiger charge is -2.39. The fourth-order valence-electron chi connectivity index (χ4n) is 5.02. The Morgan fingerprint density at radius 3 is 2.20 bits per heavy atom. The number of phenolic OH excluding ortho intramolecular Hbond substituents is 1. The Hall–Kier alpha value is -4.04. The molecule has 3 aromatic rings. The summed E-state index contributed by atoms with van der Waals surface area (Å²) < 4.78 is 5.52. The van der Waals surface area contributed by atoms with E-state index in [9.17, 15) is 19.5 Å². The number of halogens is 1. The number of alkyl carbamates (subject to hydrolysis) is 1. The summed E-state index contributed by atoms with van der Waals surface area (Å²) in [7, 11) is 0. The van der Waals surface area contributed by atoms with Gasteiger partial charge in [-0.3, -0.25) is 9.59 Å². The van der Waals surface area contributed by atoms with E-state index in [1.54, 1.807) is 49.9 Å². The van der Waals surface area contributed by atoms with E-state index in [2.05, 4.69) is 10.6 Å². The summed E-state index contributed by atoms with van der Waals surface area (Å²) >= 11 is 6.50. The van der Waals surface area contributed by atoms with Gasteiger partial charge in [0.05, 0.1) is 10.7 Å². The zero-order valence-corrected chi connectivity index (χ0v) is 27.6. The Kier molecular flexibility index (Phi) is 11.4. The molecule has 3 atom stereocenters. The number of anilines is 1. The maximum atomic E-state index is 14.7. The molecule has 0 aliphatic heterocycles. The van der Waals surface area contributed by atoms with E-state index in [-0.39, 0.29) is 12.2 Å². The lowest BCUT2D eigenvalue weighted by Crippen LogP contribution is -2.55. The van der Waals surface area contributed by atoms with E-state index in [0.717, 1.165) is 16.7 Å². The van der Waals surface area contributed by atoms with Crippen LogP contribution in [-0.2, 0) is 20.7 Å². The van der Waals surface area contributed by atoms with Gasteiger partial charge in [0.2, 0.25) is 5.91 Å². The molecule has 9 heteroatoms. The predicted octanol–water partition coefficient (Wildman–Crippen LogP) is 7.41. The zero-order valence-electron chi connectivity index (χ0n) is 26.8. The average Bonchev–Trinajstić information content (AvgIpc) is 2.93. The van der Waals surface area contributed by atoms with Crippen LogP contribution in [0.4, 0.5) is 10.5 Å². The molecule has 0 aliphatic carbocycles. The minimum Gasteiger partial charge on any atom is -0.508 e. The maximum absolute atomic E-state index is 14.7. The standard InChI is InChI=1S/C35H44ClN3O5/c1-9-24(5)39(33(42)29(37-34(43)44-35(6,7)8)20-25-14-16-26(40)17-15-25)31(27-18-13-21(2)19-23(27)4)32(41)38-30-22(3)11-10-12-28(30)36/h10-19,24,29,31,40H,9,20H2,1-8H3,(H,37,43)(H,38,41). The number of amides is 3. The van der Waals surface area contributed by atoms with Gasteiger partial charge in [0, 0.05) is 12.5 Å². The summed E-state index contributed by atoms with van der Waals surface area (Å²) in [6.45, 7) is 14.8. The zero-order chi connectivity index (χ0) is 32.8. The monoisotopic (exact) mass is 621 g/mol. The molecule has 3 N–H and O–H groups in total. The van der Waals surface area contributed by atoms with E-state index in [4.69, 9.17) is 16.3 Å². The Balaban J connectivity index is 2.15. The number of nitrogens with zero attached hydrogens (tertiary/aromatic N) is 1. The second-order valence-corrected chi connectivity index (χ2v) is 12.7. The molecule has 0 fully saturated rings. The second-order valence-electron chi connectivity index (χ2n) is 12.3. The van der Waals surface area contributed by atoms with Gasteiger partial charge in [-0.25, -0.2) is 4.79 Å². The van der Waals surface area contributed by atoms with Gasteiger partial charge in [-0.1, -0.05) is 66.6 Å². The van der Waals surface area contributed by atoms with Crippen LogP contribution >= 0.6 is 11.6 Å². The minimum absolute atomic E-state index is 0.0828. The molecule has 0 heterocycles. The van der Waals surface area contributed by atoms with Crippen LogP contribution in [0, 0.1) is 20.8 Å². The van der Waals surface area contributed by atoms with Gasteiger partial charge in [0.1, 0.15) is 23.4 Å². The van der Waals surface area contributed by atoms with Gasteiger partial charge in [-0.15, -0.1) is 0 Å². The SMILES string of the molecule is CCC(C)N(C(=O)C(Cc1ccc(O)cc1)NC(=O)OC(C)(C)C)C(C(=O)Nc1c(C)cccc1Cl)c1ccc(C)cc1C. The van der Waals surface area contributed by atoms with Crippen molar-refractivity contribution in [2.45, 2.75) is 92.0 Å². The van der Waals surface area contributed by atoms with Gasteiger partial charge >= 0.3 is 6.09 Å². The van der Waals surface area contributed by atoms with Crippen molar-refractivity contribution in [2.24, 2.45) is 0 Å². The number of carbonyl (C=O) groups is 3. The van der Waals surface area contributed by atoms with Crippen molar-refractivity contribution >= 4 is 35.2 Å². The fraction of sp³-hybridized carbons (Fsp3) is 0.400. The molecular formula is C35H44ClN3O5. The van der Waals surface area contributed by atoms with Crippen molar-refractivity contribution in [2.75, 3.05) is 5.32 Å². The molecule has 3 aromatic carbocycles. The van der Waals surface area contributed by atoms with E-state index in [1.165, 1.54) is 12.1 Å². The molecule has 236 valence electrons. The molecule has 0 spiro atoms. The van der Waals surface area contributed by atoms with Gasteiger partial charge in [0.15, 0.2) is 0 Å². The van der Waals surface area contributed by atoms with Crippen molar-refractivity contribution in [3.63, 3.8) is 0 Å². The van der Waals surface area contributed by atoms with Crippen molar-refractivity contribution in [3.05, 3.63) is 93.5 Å². The highest BCUT2D eigenvalue weighted by atomic mass is 35.5. The number of nitrogens with one attached hydrogen (secondary N) is 2. The normalized spacial score (nSPS) is 13.4. The van der Waals surface area contributed by atoms with Gasteiger partial charge < -0.3 is 25.4 Å². The molecule has 3 unspecified atom stereocenters. The lowest BCUT2D eigenvalue weighted by atomic mass is 9.94. The van der Waals surface area contributed by atoms with Crippen LogP contribution in [0.3, 0.4) is 0 Å². The molecule has 8 nitrogen and oxygen atoms in total. The number of para-hydroxylation sites is 1. The Bertz CT molecular complexity index is 1460. The molecule has 0 saturated heterocycles. The number of rotatable bonds is 10. The molecule has 0 saturated carbocycles. The number of ether oxygens (including phenoxy) is 1. The molecule has 44 heavy (non-hydrogen) atoms. The third kappa shape index (κ3) is 8.99. The first-order valence-corrected chi connectivity index (χ1v) is 15.2. The number of benzene rings is 3. The topological polar surface area (TPSA) is 108 Å². The van der Waals surface area contributed by atoms with E-state index < -0.39 is 41.6 Å². The highest BCUT2D eigenvalue weighted by Crippen LogP contribution is 2.33. The van der Waals surface area contributed by atoms with Crippen LogP contribution in [-0.4, -0.2) is 45.6 Å². The maximum Gasteiger partial charge on any atom is 0.408 e. The smallest absolute Gasteiger partial charge is 0.408 e. The summed E-state index contributed by atoms with van der Waals surface area (Å²) in [5.74, 6) is -0.795. The Morgan fingerprint density at radius 2 is 1.64 bits per heavy atom. The van der Waals surface area contributed by atoms with Crippen molar-refractivity contribution < 1.29 is 24.2 Å². The molecule has 3 amide bonds. The molecule has 0 aliphatic rings. The fourth-order valence-corrected chi connectivity index (χ4v) is 5.29. The summed E-state index contributed by atoms with van der Waals surface area (Å²) in [5, 5.41) is 16.0. The first-order valence-electron chi connectivity index (χ1n) is 14.8. The predicted molar refractivity (Wildman–Crippen MR) is 175 cm³/mol. The van der Waals surface area contributed by atoms with Crippen LogP contribution in [0.5, 0.6) is 5.75 Å². The summed E-state index contributed by atoms with van der Waals surface area (Å²) in [5.41, 5.74) is 3.69. The van der Waals surface area contributed by atoms with Gasteiger partial charge in [-0.2, -0.15) is 0 Å². The highest BCUT2D eigenvalue weighted by Gasteiger charge is 2.39. The number of carbonyl (C=O) groups excluding carboxylic acids is 3. The Labute approximate surface area is 265 Å². The van der Waals surface area contributed by atoms with Crippen molar-refractivity contribution in [1.82, 2.24) is 10.2 Å². The van der Waals surface area contributed by atoms with Crippen molar-refractivity contribution in [1.29, 1.82) is 0 Å². The quantitative estimate of drug-likeness (QED) is 0.218.